The first kappa shape index (κ1) is 12.4. The van der Waals surface area contributed by atoms with Gasteiger partial charge in [-0.2, -0.15) is 13.2 Å². The van der Waals surface area contributed by atoms with Crippen LogP contribution in [0.1, 0.15) is 28.8 Å². The summed E-state index contributed by atoms with van der Waals surface area (Å²) in [5.41, 5.74) is -2.05. The molecular weight excluding hydrogens is 260 g/mol. The van der Waals surface area contributed by atoms with E-state index in [1.54, 1.807) is 0 Å². The Morgan fingerprint density at radius 2 is 1.88 bits per heavy atom. The van der Waals surface area contributed by atoms with E-state index in [9.17, 15) is 22.4 Å². The lowest BCUT2D eigenvalue weighted by Crippen LogP contribution is -2.13. The van der Waals surface area contributed by atoms with Gasteiger partial charge in [-0.1, -0.05) is 11.6 Å². The van der Waals surface area contributed by atoms with Crippen LogP contribution in [0.15, 0.2) is 12.1 Å². The molecule has 6 heteroatoms. The highest BCUT2D eigenvalue weighted by Gasteiger charge is 2.39. The number of rotatable bonds is 2. The van der Waals surface area contributed by atoms with Gasteiger partial charge in [0.15, 0.2) is 5.78 Å². The van der Waals surface area contributed by atoms with Gasteiger partial charge in [0.2, 0.25) is 0 Å². The largest absolute Gasteiger partial charge is 0.419 e. The van der Waals surface area contributed by atoms with Crippen molar-refractivity contribution in [1.82, 2.24) is 0 Å². The second kappa shape index (κ2) is 3.98. The van der Waals surface area contributed by atoms with E-state index in [4.69, 9.17) is 11.6 Å². The maximum atomic E-state index is 13.6. The zero-order chi connectivity index (χ0) is 12.8. The molecule has 92 valence electrons. The Balaban J connectivity index is 2.52. The van der Waals surface area contributed by atoms with Crippen molar-refractivity contribution in [3.63, 3.8) is 0 Å². The molecule has 1 fully saturated rings. The third kappa shape index (κ3) is 2.44. The van der Waals surface area contributed by atoms with Gasteiger partial charge in [-0.25, -0.2) is 4.39 Å². The number of hydrogen-bond donors (Lipinski definition) is 0. The third-order valence-electron chi connectivity index (χ3n) is 2.56. The zero-order valence-corrected chi connectivity index (χ0v) is 9.20. The van der Waals surface area contributed by atoms with Crippen LogP contribution in [-0.2, 0) is 6.18 Å². The van der Waals surface area contributed by atoms with Gasteiger partial charge in [-0.05, 0) is 25.0 Å². The van der Waals surface area contributed by atoms with Gasteiger partial charge in [0, 0.05) is 10.9 Å². The summed E-state index contributed by atoms with van der Waals surface area (Å²) in [5.74, 6) is -2.49. The van der Waals surface area contributed by atoms with Crippen LogP contribution in [0.2, 0.25) is 5.02 Å². The molecule has 2 rings (SSSR count). The van der Waals surface area contributed by atoms with E-state index in [2.05, 4.69) is 0 Å². The summed E-state index contributed by atoms with van der Waals surface area (Å²) >= 11 is 5.48. The maximum absolute atomic E-state index is 13.6. The van der Waals surface area contributed by atoms with Crippen LogP contribution in [-0.4, -0.2) is 5.78 Å². The van der Waals surface area contributed by atoms with Gasteiger partial charge < -0.3 is 0 Å². The van der Waals surface area contributed by atoms with Crippen LogP contribution in [0, 0.1) is 11.7 Å². The summed E-state index contributed by atoms with van der Waals surface area (Å²) in [6.07, 6.45) is -3.67. The Morgan fingerprint density at radius 3 is 2.35 bits per heavy atom. The molecule has 1 aromatic rings. The van der Waals surface area contributed by atoms with Crippen molar-refractivity contribution in [2.45, 2.75) is 19.0 Å². The lowest BCUT2D eigenvalue weighted by atomic mass is 10.0. The summed E-state index contributed by atoms with van der Waals surface area (Å²) in [6.45, 7) is 0. The first-order valence-corrected chi connectivity index (χ1v) is 5.29. The topological polar surface area (TPSA) is 17.1 Å². The van der Waals surface area contributed by atoms with E-state index in [0.29, 0.717) is 18.9 Å². The number of halogens is 5. The number of Topliss-reactive ketones (excluding diaryl/α,β-unsaturated/α-hetero) is 1. The molecule has 1 saturated carbocycles. The highest BCUT2D eigenvalue weighted by molar-refractivity contribution is 6.31. The van der Waals surface area contributed by atoms with Crippen LogP contribution in [0.4, 0.5) is 17.6 Å². The first-order valence-electron chi connectivity index (χ1n) is 4.91. The molecule has 0 aromatic heterocycles. The van der Waals surface area contributed by atoms with Crippen molar-refractivity contribution in [2.75, 3.05) is 0 Å². The lowest BCUT2D eigenvalue weighted by Gasteiger charge is -2.11. The maximum Gasteiger partial charge on any atom is 0.419 e. The molecule has 0 spiro atoms. The smallest absolute Gasteiger partial charge is 0.294 e. The number of carbonyl (C=O) groups excluding carboxylic acids is 1. The van der Waals surface area contributed by atoms with Crippen molar-refractivity contribution in [3.05, 3.63) is 34.1 Å². The fourth-order valence-corrected chi connectivity index (χ4v) is 1.76. The van der Waals surface area contributed by atoms with Crippen molar-refractivity contribution >= 4 is 17.4 Å². The van der Waals surface area contributed by atoms with E-state index < -0.39 is 28.9 Å². The molecule has 0 radical (unpaired) electrons. The van der Waals surface area contributed by atoms with Crippen molar-refractivity contribution in [1.29, 1.82) is 0 Å². The second-order valence-corrected chi connectivity index (χ2v) is 4.39. The minimum Gasteiger partial charge on any atom is -0.294 e. The Bertz CT molecular complexity index is 477. The molecule has 17 heavy (non-hydrogen) atoms. The summed E-state index contributed by atoms with van der Waals surface area (Å²) in [5, 5.41) is -0.289. The predicted molar refractivity (Wildman–Crippen MR) is 53.5 cm³/mol. The van der Waals surface area contributed by atoms with Crippen molar-refractivity contribution < 1.29 is 22.4 Å². The van der Waals surface area contributed by atoms with Crippen LogP contribution >= 0.6 is 11.6 Å². The molecule has 0 aliphatic heterocycles. The third-order valence-corrected chi connectivity index (χ3v) is 2.77. The molecule has 1 aliphatic carbocycles. The molecule has 1 nitrogen and oxygen atoms in total. The van der Waals surface area contributed by atoms with Crippen molar-refractivity contribution in [3.8, 4) is 0 Å². The van der Waals surface area contributed by atoms with Gasteiger partial charge in [-0.15, -0.1) is 0 Å². The van der Waals surface area contributed by atoms with Crippen LogP contribution in [0.25, 0.3) is 0 Å². The van der Waals surface area contributed by atoms with Crippen LogP contribution in [0.5, 0.6) is 0 Å². The summed E-state index contributed by atoms with van der Waals surface area (Å²) < 4.78 is 51.0. The normalized spacial score (nSPS) is 16.1. The molecule has 1 aliphatic rings. The fourth-order valence-electron chi connectivity index (χ4n) is 1.54. The van der Waals surface area contributed by atoms with Crippen LogP contribution < -0.4 is 0 Å². The van der Waals surface area contributed by atoms with Crippen molar-refractivity contribution in [2.24, 2.45) is 5.92 Å². The van der Waals surface area contributed by atoms with Gasteiger partial charge in [0.05, 0.1) is 11.1 Å². The van der Waals surface area contributed by atoms with Crippen LogP contribution in [0.3, 0.4) is 0 Å². The summed E-state index contributed by atoms with van der Waals surface area (Å²) in [7, 11) is 0. The first-order chi connectivity index (χ1) is 7.80. The lowest BCUT2D eigenvalue weighted by molar-refractivity contribution is -0.140. The van der Waals surface area contributed by atoms with E-state index in [1.165, 1.54) is 0 Å². The summed E-state index contributed by atoms with van der Waals surface area (Å²) in [6, 6.07) is 1.44. The van der Waals surface area contributed by atoms with Gasteiger partial charge in [-0.3, -0.25) is 4.79 Å². The van der Waals surface area contributed by atoms with E-state index in [1.807, 2.05) is 0 Å². The number of ketones is 1. The predicted octanol–water partition coefficient (Wildman–Crippen LogP) is 4.09. The van der Waals surface area contributed by atoms with Gasteiger partial charge >= 0.3 is 6.18 Å². The minimum absolute atomic E-state index is 0.289. The minimum atomic E-state index is -4.85. The van der Waals surface area contributed by atoms with E-state index in [0.717, 1.165) is 6.07 Å². The second-order valence-electron chi connectivity index (χ2n) is 3.95. The number of benzene rings is 1. The molecule has 0 unspecified atom stereocenters. The average Bonchev–Trinajstić information content (AvgIpc) is 3.01. The van der Waals surface area contributed by atoms with E-state index >= 15 is 0 Å². The molecule has 0 saturated heterocycles. The summed E-state index contributed by atoms with van der Waals surface area (Å²) in [4.78, 5) is 11.6. The highest BCUT2D eigenvalue weighted by Crippen LogP contribution is 2.38. The molecule has 0 amide bonds. The molecule has 1 aromatic carbocycles. The number of alkyl halides is 3. The molecule has 0 N–H and O–H groups in total. The Morgan fingerprint density at radius 1 is 1.29 bits per heavy atom. The van der Waals surface area contributed by atoms with Gasteiger partial charge in [0.1, 0.15) is 5.82 Å². The number of hydrogen-bond acceptors (Lipinski definition) is 1. The molecule has 0 atom stereocenters. The van der Waals surface area contributed by atoms with Gasteiger partial charge in [0.25, 0.3) is 0 Å². The zero-order valence-electron chi connectivity index (χ0n) is 8.44. The monoisotopic (exact) mass is 266 g/mol. The van der Waals surface area contributed by atoms with E-state index in [-0.39, 0.29) is 10.9 Å². The Hall–Kier alpha value is -1.10. The Labute approximate surface area is 99.4 Å². The standard InChI is InChI=1S/C11H7ClF4O/c12-6-3-7(10(17)5-1-2-5)9(13)8(4-6)11(14,15)16/h3-5H,1-2H2. The highest BCUT2D eigenvalue weighted by atomic mass is 35.5. The quantitative estimate of drug-likeness (QED) is 0.582. The molecule has 0 heterocycles. The number of carbonyl (C=O) groups is 1. The molecule has 0 bridgehead atoms. The Kier molecular flexibility index (Phi) is 2.89. The SMILES string of the molecule is O=C(c1cc(Cl)cc(C(F)(F)F)c1F)C1CC1. The fraction of sp³-hybridized carbons (Fsp3) is 0.364. The molecular formula is C11H7ClF4O. The average molecular weight is 267 g/mol.